The minimum atomic E-state index is -3.79. The Hall–Kier alpha value is -2.10. The highest BCUT2D eigenvalue weighted by atomic mass is 32.2. The number of hydrogen-bond donors (Lipinski definition) is 1. The van der Waals surface area contributed by atoms with E-state index in [1.165, 1.54) is 43.5 Å². The minimum Gasteiger partial charge on any atom is -0.497 e. The lowest BCUT2D eigenvalue weighted by Crippen LogP contribution is -2.43. The fourth-order valence-electron chi connectivity index (χ4n) is 3.50. The van der Waals surface area contributed by atoms with E-state index >= 15 is 0 Å². The van der Waals surface area contributed by atoms with Crippen LogP contribution < -0.4 is 9.46 Å². The number of sulfonamides is 2. The van der Waals surface area contributed by atoms with Crippen molar-refractivity contribution in [2.45, 2.75) is 48.4 Å². The zero-order valence-electron chi connectivity index (χ0n) is 16.5. The molecule has 1 fully saturated rings. The molecule has 1 N–H and O–H groups in total. The van der Waals surface area contributed by atoms with Crippen LogP contribution in [0.5, 0.6) is 5.75 Å². The summed E-state index contributed by atoms with van der Waals surface area (Å²) in [7, 11) is -5.88. The number of piperidine rings is 1. The molecule has 0 aromatic heterocycles. The molecule has 1 unspecified atom stereocenters. The normalized spacial score (nSPS) is 18.3. The lowest BCUT2D eigenvalue weighted by Gasteiger charge is -2.34. The van der Waals surface area contributed by atoms with Crippen LogP contribution >= 0.6 is 0 Å². The smallest absolute Gasteiger partial charge is 0.261 e. The first kappa shape index (κ1) is 21.6. The summed E-state index contributed by atoms with van der Waals surface area (Å²) in [5.41, 5.74) is 0.297. The third-order valence-corrected chi connectivity index (χ3v) is 8.49. The van der Waals surface area contributed by atoms with Gasteiger partial charge in [0.1, 0.15) is 5.75 Å². The number of nitrogens with one attached hydrogen (secondary N) is 1. The number of rotatable bonds is 7. The van der Waals surface area contributed by atoms with E-state index in [0.717, 1.165) is 25.7 Å². The number of methoxy groups -OCH3 is 1. The predicted molar refractivity (Wildman–Crippen MR) is 112 cm³/mol. The highest BCUT2D eigenvalue weighted by molar-refractivity contribution is 7.92. The Labute approximate surface area is 172 Å². The zero-order valence-corrected chi connectivity index (χ0v) is 18.2. The van der Waals surface area contributed by atoms with Crippen molar-refractivity contribution in [2.75, 3.05) is 18.4 Å². The van der Waals surface area contributed by atoms with Gasteiger partial charge in [0.15, 0.2) is 0 Å². The van der Waals surface area contributed by atoms with Crippen LogP contribution in [0.25, 0.3) is 0 Å². The van der Waals surface area contributed by atoms with Crippen LogP contribution in [-0.2, 0) is 20.0 Å². The molecule has 2 aromatic carbocycles. The van der Waals surface area contributed by atoms with Crippen molar-refractivity contribution in [3.8, 4) is 5.75 Å². The zero-order chi connectivity index (χ0) is 21.1. The Morgan fingerprint density at radius 2 is 1.59 bits per heavy atom. The molecule has 29 heavy (non-hydrogen) atoms. The number of hydrogen-bond acceptors (Lipinski definition) is 5. The summed E-state index contributed by atoms with van der Waals surface area (Å²) in [5.74, 6) is 0.557. The summed E-state index contributed by atoms with van der Waals surface area (Å²) in [6.45, 7) is 2.52. The molecule has 0 bridgehead atoms. The molecule has 158 valence electrons. The predicted octanol–water partition coefficient (Wildman–Crippen LogP) is 3.45. The highest BCUT2D eigenvalue weighted by Crippen LogP contribution is 2.28. The van der Waals surface area contributed by atoms with E-state index in [2.05, 4.69) is 4.72 Å². The van der Waals surface area contributed by atoms with E-state index in [4.69, 9.17) is 4.74 Å². The van der Waals surface area contributed by atoms with Gasteiger partial charge in [-0.1, -0.05) is 13.3 Å². The second-order valence-corrected chi connectivity index (χ2v) is 10.6. The van der Waals surface area contributed by atoms with Crippen molar-refractivity contribution in [1.82, 2.24) is 4.31 Å². The van der Waals surface area contributed by atoms with Crippen molar-refractivity contribution >= 4 is 25.7 Å². The first-order chi connectivity index (χ1) is 13.8. The van der Waals surface area contributed by atoms with Crippen LogP contribution in [0.1, 0.15) is 32.6 Å². The fraction of sp³-hybridized carbons (Fsp3) is 0.400. The average molecular weight is 439 g/mol. The molecule has 1 aliphatic heterocycles. The van der Waals surface area contributed by atoms with Gasteiger partial charge in [0, 0.05) is 18.3 Å². The van der Waals surface area contributed by atoms with Crippen molar-refractivity contribution in [2.24, 2.45) is 0 Å². The van der Waals surface area contributed by atoms with Crippen LogP contribution in [0.15, 0.2) is 58.3 Å². The number of benzene rings is 2. The quantitative estimate of drug-likeness (QED) is 0.715. The van der Waals surface area contributed by atoms with Crippen LogP contribution in [-0.4, -0.2) is 40.8 Å². The molecular weight excluding hydrogens is 412 g/mol. The number of ether oxygens (including phenoxy) is 1. The van der Waals surface area contributed by atoms with E-state index in [1.807, 2.05) is 6.92 Å². The molecule has 7 nitrogen and oxygen atoms in total. The first-order valence-electron chi connectivity index (χ1n) is 9.56. The summed E-state index contributed by atoms with van der Waals surface area (Å²) in [6, 6.07) is 11.9. The van der Waals surface area contributed by atoms with Gasteiger partial charge in [-0.25, -0.2) is 16.8 Å². The summed E-state index contributed by atoms with van der Waals surface area (Å²) < 4.78 is 60.2. The second-order valence-electron chi connectivity index (χ2n) is 6.98. The third kappa shape index (κ3) is 4.73. The molecular formula is C20H26N2O5S2. The van der Waals surface area contributed by atoms with Crippen molar-refractivity contribution in [3.63, 3.8) is 0 Å². The maximum Gasteiger partial charge on any atom is 0.261 e. The van der Waals surface area contributed by atoms with E-state index in [1.54, 1.807) is 16.4 Å². The van der Waals surface area contributed by atoms with Gasteiger partial charge in [-0.3, -0.25) is 4.72 Å². The van der Waals surface area contributed by atoms with Crippen LogP contribution in [0.3, 0.4) is 0 Å². The van der Waals surface area contributed by atoms with E-state index in [-0.39, 0.29) is 15.8 Å². The van der Waals surface area contributed by atoms with Crippen LogP contribution in [0, 0.1) is 0 Å². The molecule has 1 atom stereocenters. The highest BCUT2D eigenvalue weighted by Gasteiger charge is 2.32. The number of anilines is 1. The SMILES string of the molecule is CCC1CCCCN1S(=O)(=O)c1ccc(NS(=O)(=O)c2ccc(OC)cc2)cc1. The van der Waals surface area contributed by atoms with Crippen molar-refractivity contribution in [1.29, 1.82) is 0 Å². The summed E-state index contributed by atoms with van der Waals surface area (Å²) >= 11 is 0. The molecule has 0 spiro atoms. The Morgan fingerprint density at radius 3 is 2.17 bits per heavy atom. The fourth-order valence-corrected chi connectivity index (χ4v) is 6.32. The molecule has 1 heterocycles. The largest absolute Gasteiger partial charge is 0.497 e. The van der Waals surface area contributed by atoms with Gasteiger partial charge >= 0.3 is 0 Å². The monoisotopic (exact) mass is 438 g/mol. The Kier molecular flexibility index (Phi) is 6.50. The third-order valence-electron chi connectivity index (χ3n) is 5.13. The van der Waals surface area contributed by atoms with Gasteiger partial charge in [0.2, 0.25) is 10.0 Å². The van der Waals surface area contributed by atoms with Crippen molar-refractivity contribution < 1.29 is 21.6 Å². The van der Waals surface area contributed by atoms with Gasteiger partial charge < -0.3 is 4.74 Å². The standard InChI is InChI=1S/C20H26N2O5S2/c1-3-17-6-4-5-15-22(17)29(25,26)20-11-7-16(8-12-20)21-28(23,24)19-13-9-18(27-2)10-14-19/h7-14,17,21H,3-6,15H2,1-2H3. The molecule has 3 rings (SSSR count). The van der Waals surface area contributed by atoms with Crippen LogP contribution in [0.2, 0.25) is 0 Å². The lowest BCUT2D eigenvalue weighted by atomic mass is 10.0. The Bertz CT molecular complexity index is 1030. The summed E-state index contributed by atoms with van der Waals surface area (Å²) in [5, 5.41) is 0. The molecule has 0 saturated carbocycles. The minimum absolute atomic E-state index is 0.0157. The Balaban J connectivity index is 1.78. The van der Waals surface area contributed by atoms with Gasteiger partial charge in [-0.15, -0.1) is 0 Å². The van der Waals surface area contributed by atoms with E-state index < -0.39 is 20.0 Å². The summed E-state index contributed by atoms with van der Waals surface area (Å²) in [6.07, 6.45) is 3.54. The molecule has 0 aliphatic carbocycles. The van der Waals surface area contributed by atoms with Gasteiger partial charge in [-0.05, 0) is 67.8 Å². The molecule has 0 amide bonds. The Morgan fingerprint density at radius 1 is 0.966 bits per heavy atom. The molecule has 1 aliphatic rings. The molecule has 2 aromatic rings. The van der Waals surface area contributed by atoms with Crippen LogP contribution in [0.4, 0.5) is 5.69 Å². The van der Waals surface area contributed by atoms with E-state index in [0.29, 0.717) is 18.0 Å². The van der Waals surface area contributed by atoms with Gasteiger partial charge in [0.05, 0.1) is 16.9 Å². The topological polar surface area (TPSA) is 92.8 Å². The lowest BCUT2D eigenvalue weighted by molar-refractivity contribution is 0.246. The number of nitrogens with zero attached hydrogens (tertiary/aromatic N) is 1. The van der Waals surface area contributed by atoms with Gasteiger partial charge in [0.25, 0.3) is 10.0 Å². The second kappa shape index (κ2) is 8.73. The maximum absolute atomic E-state index is 13.0. The molecule has 0 radical (unpaired) electrons. The first-order valence-corrected chi connectivity index (χ1v) is 12.5. The maximum atomic E-state index is 13.0. The molecule has 1 saturated heterocycles. The summed E-state index contributed by atoms with van der Waals surface area (Å²) in [4.78, 5) is 0.263. The van der Waals surface area contributed by atoms with E-state index in [9.17, 15) is 16.8 Å². The average Bonchev–Trinajstić information content (AvgIpc) is 2.74. The molecule has 9 heteroatoms. The van der Waals surface area contributed by atoms with Gasteiger partial charge in [-0.2, -0.15) is 4.31 Å². The van der Waals surface area contributed by atoms with Crippen molar-refractivity contribution in [3.05, 3.63) is 48.5 Å².